The molecule has 0 aliphatic carbocycles. The van der Waals surface area contributed by atoms with Gasteiger partial charge in [0.1, 0.15) is 16.8 Å². The normalized spacial score (nSPS) is 12.4. The fourth-order valence-corrected chi connectivity index (χ4v) is 9.31. The van der Waals surface area contributed by atoms with Crippen LogP contribution >= 0.6 is 0 Å². The van der Waals surface area contributed by atoms with Crippen molar-refractivity contribution in [2.75, 3.05) is 0 Å². The van der Waals surface area contributed by atoms with Crippen LogP contribution in [0, 0.1) is 0 Å². The van der Waals surface area contributed by atoms with Gasteiger partial charge >= 0.3 is 0 Å². The Bertz CT molecular complexity index is 3700. The Kier molecular flexibility index (Phi) is 5.57. The zero-order valence-electron chi connectivity index (χ0n) is 29.4. The van der Waals surface area contributed by atoms with Gasteiger partial charge in [0.05, 0.1) is 27.6 Å². The number of benzene rings is 8. The molecule has 0 saturated carbocycles. The van der Waals surface area contributed by atoms with Crippen LogP contribution in [0.15, 0.2) is 174 Å². The summed E-state index contributed by atoms with van der Waals surface area (Å²) in [6.07, 6.45) is 0. The topological polar surface area (TPSA) is 48.3 Å². The van der Waals surface area contributed by atoms with Crippen LogP contribution in [0.1, 0.15) is 0 Å². The number of hydrogen-bond acceptors (Lipinski definition) is 3. The fraction of sp³-hybridized carbons (Fsp3) is 0. The van der Waals surface area contributed by atoms with Gasteiger partial charge < -0.3 is 13.4 Å². The van der Waals surface area contributed by atoms with Crippen molar-refractivity contribution < 1.29 is 4.42 Å². The summed E-state index contributed by atoms with van der Waals surface area (Å²) in [7, 11) is 0. The number of rotatable bonds is 3. The molecule has 55 heavy (non-hydrogen) atoms. The Morgan fingerprint density at radius 2 is 1.13 bits per heavy atom. The zero-order chi connectivity index (χ0) is 35.8. The lowest BCUT2D eigenvalue weighted by molar-refractivity contribution is 0.667. The van der Waals surface area contributed by atoms with Crippen LogP contribution in [0.5, 0.6) is 0 Å². The third-order valence-electron chi connectivity index (χ3n) is 11.6. The Hall–Kier alpha value is -7.50. The lowest BCUT2D eigenvalue weighted by Crippen LogP contribution is -1.96. The van der Waals surface area contributed by atoms with Crippen LogP contribution in [0.2, 0.25) is 0 Å². The van der Waals surface area contributed by atoms with Crippen molar-refractivity contribution in [3.63, 3.8) is 0 Å². The van der Waals surface area contributed by atoms with Gasteiger partial charge in [-0.2, -0.15) is 0 Å². The molecule has 5 nitrogen and oxygen atoms in total. The number of furan rings is 1. The first-order chi connectivity index (χ1) is 27.3. The molecule has 0 aliphatic heterocycles. The van der Waals surface area contributed by atoms with E-state index in [0.717, 1.165) is 39.0 Å². The Morgan fingerprint density at radius 1 is 0.436 bits per heavy atom. The van der Waals surface area contributed by atoms with Crippen LogP contribution in [-0.4, -0.2) is 18.9 Å². The lowest BCUT2D eigenvalue weighted by atomic mass is 10.0. The Balaban J connectivity index is 1.11. The van der Waals surface area contributed by atoms with Gasteiger partial charge in [0.15, 0.2) is 11.4 Å². The third-order valence-corrected chi connectivity index (χ3v) is 11.6. The first kappa shape index (κ1) is 29.0. The van der Waals surface area contributed by atoms with Crippen molar-refractivity contribution in [2.24, 2.45) is 0 Å². The molecule has 0 atom stereocenters. The first-order valence-corrected chi connectivity index (χ1v) is 18.7. The van der Waals surface area contributed by atoms with E-state index in [9.17, 15) is 0 Å². The van der Waals surface area contributed by atoms with Gasteiger partial charge in [-0.25, -0.2) is 9.97 Å². The summed E-state index contributed by atoms with van der Waals surface area (Å²) in [5.74, 6) is 0.663. The fourth-order valence-electron chi connectivity index (χ4n) is 9.31. The summed E-state index contributed by atoms with van der Waals surface area (Å²) in [4.78, 5) is 10.3. The van der Waals surface area contributed by atoms with E-state index in [1.54, 1.807) is 0 Å². The molecular formula is C50H28N4O. The molecule has 13 aromatic rings. The maximum absolute atomic E-state index is 6.38. The molecule has 0 spiro atoms. The third kappa shape index (κ3) is 3.81. The second-order valence-corrected chi connectivity index (χ2v) is 14.5. The van der Waals surface area contributed by atoms with Gasteiger partial charge in [-0.15, -0.1) is 0 Å². The maximum Gasteiger partial charge on any atom is 0.180 e. The molecule has 8 aromatic carbocycles. The number of hydrogen-bond donors (Lipinski definition) is 0. The number of para-hydroxylation sites is 3. The van der Waals surface area contributed by atoms with E-state index in [2.05, 4.69) is 142 Å². The van der Waals surface area contributed by atoms with E-state index in [0.29, 0.717) is 11.4 Å². The summed E-state index contributed by atoms with van der Waals surface area (Å²) < 4.78 is 11.3. The van der Waals surface area contributed by atoms with E-state index in [1.807, 2.05) is 36.4 Å². The van der Waals surface area contributed by atoms with Crippen molar-refractivity contribution in [1.29, 1.82) is 0 Å². The predicted molar refractivity (Wildman–Crippen MR) is 227 cm³/mol. The smallest absolute Gasteiger partial charge is 0.180 e. The van der Waals surface area contributed by atoms with E-state index in [-0.39, 0.29) is 0 Å². The van der Waals surface area contributed by atoms with Gasteiger partial charge in [0, 0.05) is 59.9 Å². The summed E-state index contributed by atoms with van der Waals surface area (Å²) in [6, 6.07) is 60.5. The van der Waals surface area contributed by atoms with Gasteiger partial charge in [0.2, 0.25) is 0 Å². The van der Waals surface area contributed by atoms with Gasteiger partial charge in [0.25, 0.3) is 0 Å². The van der Waals surface area contributed by atoms with E-state index >= 15 is 0 Å². The summed E-state index contributed by atoms with van der Waals surface area (Å²) in [5, 5.41) is 11.1. The quantitative estimate of drug-likeness (QED) is 0.184. The van der Waals surface area contributed by atoms with Crippen molar-refractivity contribution in [3.05, 3.63) is 170 Å². The molecule has 0 fully saturated rings. The molecule has 0 aliphatic rings. The second kappa shape index (κ2) is 10.6. The van der Waals surface area contributed by atoms with E-state index in [1.165, 1.54) is 70.7 Å². The molecule has 13 rings (SSSR count). The predicted octanol–water partition coefficient (Wildman–Crippen LogP) is 13.1. The first-order valence-electron chi connectivity index (χ1n) is 18.7. The van der Waals surface area contributed by atoms with E-state index < -0.39 is 0 Å². The monoisotopic (exact) mass is 700 g/mol. The molecular weight excluding hydrogens is 673 g/mol. The number of aromatic nitrogens is 4. The highest BCUT2D eigenvalue weighted by Crippen LogP contribution is 2.48. The lowest BCUT2D eigenvalue weighted by Gasteiger charge is -2.11. The molecule has 0 unspecified atom stereocenters. The van der Waals surface area contributed by atoms with Crippen LogP contribution in [-0.2, 0) is 0 Å². The van der Waals surface area contributed by atoms with Crippen LogP contribution < -0.4 is 0 Å². The minimum atomic E-state index is 0.663. The molecule has 0 amide bonds. The minimum Gasteiger partial charge on any atom is -0.452 e. The molecule has 5 aromatic heterocycles. The van der Waals surface area contributed by atoms with Crippen molar-refractivity contribution in [1.82, 2.24) is 18.9 Å². The summed E-state index contributed by atoms with van der Waals surface area (Å²) in [6.45, 7) is 0. The molecule has 5 heterocycles. The molecule has 254 valence electrons. The van der Waals surface area contributed by atoms with Gasteiger partial charge in [-0.3, -0.25) is 0 Å². The highest BCUT2D eigenvalue weighted by atomic mass is 16.3. The minimum absolute atomic E-state index is 0.663. The molecule has 0 saturated heterocycles. The van der Waals surface area contributed by atoms with Crippen LogP contribution in [0.25, 0.3) is 121 Å². The molecule has 5 heteroatoms. The standard InChI is InChI=1S/C50H28N4O/c1-2-13-30(14-3-1)45-49-46(36-18-8-11-21-42(36)55-49)52-50(51-45)31-22-25-32(26-23-31)53-41-28-38-34-16-6-9-19-39(34)54-40-20-10-7-17-35(40)44(48(38)54)43(41)37-27-24-29-12-4-5-15-33(29)47(37)53/h1-28H. The number of fused-ring (bicyclic) bond motifs is 15. The van der Waals surface area contributed by atoms with E-state index in [4.69, 9.17) is 14.4 Å². The zero-order valence-corrected chi connectivity index (χ0v) is 29.4. The van der Waals surface area contributed by atoms with Crippen molar-refractivity contribution >= 4 is 92.7 Å². The second-order valence-electron chi connectivity index (χ2n) is 14.5. The SMILES string of the molecule is c1ccc(-c2nc(-c3ccc(-n4c5cc6c7ccccc7n7c8ccccc8c(c5c5ccc8ccccc8c54)c67)cc3)nc3c2oc2ccccc23)cc1. The maximum atomic E-state index is 6.38. The molecule has 0 radical (unpaired) electrons. The van der Waals surface area contributed by atoms with Crippen molar-refractivity contribution in [3.8, 4) is 28.3 Å². The van der Waals surface area contributed by atoms with Crippen molar-refractivity contribution in [2.45, 2.75) is 0 Å². The average molecular weight is 701 g/mol. The number of nitrogens with zero attached hydrogens (tertiary/aromatic N) is 4. The summed E-state index contributed by atoms with van der Waals surface area (Å²) >= 11 is 0. The summed E-state index contributed by atoms with van der Waals surface area (Å²) in [5.41, 5.74) is 12.3. The van der Waals surface area contributed by atoms with Crippen LogP contribution in [0.4, 0.5) is 0 Å². The largest absolute Gasteiger partial charge is 0.452 e. The Morgan fingerprint density at radius 3 is 1.96 bits per heavy atom. The Labute approximate surface area is 313 Å². The highest BCUT2D eigenvalue weighted by molar-refractivity contribution is 6.37. The molecule has 0 bridgehead atoms. The van der Waals surface area contributed by atoms with Gasteiger partial charge in [-0.05, 0) is 60.0 Å². The highest BCUT2D eigenvalue weighted by Gasteiger charge is 2.25. The average Bonchev–Trinajstić information content (AvgIpc) is 3.99. The molecule has 0 N–H and O–H groups in total. The van der Waals surface area contributed by atoms with Gasteiger partial charge in [-0.1, -0.05) is 115 Å². The van der Waals surface area contributed by atoms with Crippen LogP contribution in [0.3, 0.4) is 0 Å².